The van der Waals surface area contributed by atoms with Gasteiger partial charge in [-0.1, -0.05) is 12.1 Å². The fraction of sp³-hybridized carbons (Fsp3) is 0. The molecule has 0 fully saturated rings. The van der Waals surface area contributed by atoms with Gasteiger partial charge < -0.3 is 4.42 Å². The maximum atomic E-state index is 12.8. The maximum absolute atomic E-state index is 12.8. The van der Waals surface area contributed by atoms with Crippen molar-refractivity contribution in [3.8, 4) is 0 Å². The molecule has 0 saturated heterocycles. The van der Waals surface area contributed by atoms with Crippen molar-refractivity contribution in [2.24, 2.45) is 0 Å². The standard InChI is InChI=1S/C11H7FO2/c12-9-4-1-3-8(7-9)11(13)10-5-2-6-14-10/h1-7H. The zero-order chi connectivity index (χ0) is 9.97. The first-order valence-corrected chi connectivity index (χ1v) is 4.11. The van der Waals surface area contributed by atoms with Crippen molar-refractivity contribution in [2.45, 2.75) is 0 Å². The van der Waals surface area contributed by atoms with E-state index in [-0.39, 0.29) is 11.5 Å². The summed E-state index contributed by atoms with van der Waals surface area (Å²) in [6, 6.07) is 8.68. The molecule has 1 aromatic carbocycles. The van der Waals surface area contributed by atoms with Crippen LogP contribution in [0.3, 0.4) is 0 Å². The van der Waals surface area contributed by atoms with Crippen molar-refractivity contribution in [1.29, 1.82) is 0 Å². The van der Waals surface area contributed by atoms with E-state index in [9.17, 15) is 9.18 Å². The van der Waals surface area contributed by atoms with Gasteiger partial charge in [-0.15, -0.1) is 0 Å². The predicted octanol–water partition coefficient (Wildman–Crippen LogP) is 2.65. The number of ketones is 1. The second-order valence-corrected chi connectivity index (χ2v) is 2.82. The lowest BCUT2D eigenvalue weighted by Gasteiger charge is -1.96. The Kier molecular flexibility index (Phi) is 2.14. The molecule has 0 aliphatic rings. The van der Waals surface area contributed by atoms with Crippen LogP contribution < -0.4 is 0 Å². The number of rotatable bonds is 2. The molecule has 0 saturated carbocycles. The number of hydrogen-bond donors (Lipinski definition) is 0. The summed E-state index contributed by atoms with van der Waals surface area (Å²) < 4.78 is 17.7. The van der Waals surface area contributed by atoms with Crippen LogP contribution in [0.25, 0.3) is 0 Å². The van der Waals surface area contributed by atoms with E-state index in [1.807, 2.05) is 0 Å². The second-order valence-electron chi connectivity index (χ2n) is 2.82. The number of furan rings is 1. The Hall–Kier alpha value is -1.90. The molecule has 0 aliphatic heterocycles. The fourth-order valence-electron chi connectivity index (χ4n) is 1.18. The molecular weight excluding hydrogens is 183 g/mol. The minimum Gasteiger partial charge on any atom is -0.461 e. The maximum Gasteiger partial charge on any atom is 0.228 e. The molecule has 0 aliphatic carbocycles. The van der Waals surface area contributed by atoms with Crippen molar-refractivity contribution < 1.29 is 13.6 Å². The number of carbonyl (C=O) groups is 1. The van der Waals surface area contributed by atoms with Crippen LogP contribution >= 0.6 is 0 Å². The Balaban J connectivity index is 2.37. The average molecular weight is 190 g/mol. The Labute approximate surface area is 80.0 Å². The summed E-state index contributed by atoms with van der Waals surface area (Å²) in [6.07, 6.45) is 1.41. The SMILES string of the molecule is O=C(c1cccc(F)c1)c1ccco1. The van der Waals surface area contributed by atoms with E-state index in [0.29, 0.717) is 5.56 Å². The number of benzene rings is 1. The van der Waals surface area contributed by atoms with Crippen LogP contribution in [-0.4, -0.2) is 5.78 Å². The zero-order valence-electron chi connectivity index (χ0n) is 7.24. The topological polar surface area (TPSA) is 30.2 Å². The van der Waals surface area contributed by atoms with Gasteiger partial charge in [0.05, 0.1) is 6.26 Å². The number of hydrogen-bond acceptors (Lipinski definition) is 2. The summed E-state index contributed by atoms with van der Waals surface area (Å²) >= 11 is 0. The molecule has 3 heteroatoms. The highest BCUT2D eigenvalue weighted by Gasteiger charge is 2.11. The predicted molar refractivity (Wildman–Crippen MR) is 48.5 cm³/mol. The van der Waals surface area contributed by atoms with E-state index >= 15 is 0 Å². The van der Waals surface area contributed by atoms with Gasteiger partial charge in [0.15, 0.2) is 5.76 Å². The van der Waals surface area contributed by atoms with Crippen molar-refractivity contribution in [1.82, 2.24) is 0 Å². The van der Waals surface area contributed by atoms with Crippen LogP contribution in [0.1, 0.15) is 16.1 Å². The van der Waals surface area contributed by atoms with Gasteiger partial charge in [0, 0.05) is 5.56 Å². The summed E-state index contributed by atoms with van der Waals surface area (Å²) in [5.74, 6) is -0.521. The lowest BCUT2D eigenvalue weighted by molar-refractivity contribution is 0.101. The molecule has 0 radical (unpaired) electrons. The molecule has 2 nitrogen and oxygen atoms in total. The van der Waals surface area contributed by atoms with Crippen LogP contribution in [0.15, 0.2) is 47.1 Å². The van der Waals surface area contributed by atoms with E-state index in [2.05, 4.69) is 0 Å². The highest BCUT2D eigenvalue weighted by Crippen LogP contribution is 2.11. The second kappa shape index (κ2) is 3.46. The Morgan fingerprint density at radius 1 is 1.21 bits per heavy atom. The zero-order valence-corrected chi connectivity index (χ0v) is 7.24. The van der Waals surface area contributed by atoms with Gasteiger partial charge in [-0.2, -0.15) is 0 Å². The third-order valence-corrected chi connectivity index (χ3v) is 1.83. The van der Waals surface area contributed by atoms with Gasteiger partial charge in [-0.3, -0.25) is 4.79 Å². The number of halogens is 1. The third-order valence-electron chi connectivity index (χ3n) is 1.83. The highest BCUT2D eigenvalue weighted by molar-refractivity contribution is 6.07. The van der Waals surface area contributed by atoms with Gasteiger partial charge in [0.1, 0.15) is 5.82 Å². The minimum absolute atomic E-state index is 0.218. The van der Waals surface area contributed by atoms with Gasteiger partial charge in [-0.05, 0) is 24.3 Å². The first-order chi connectivity index (χ1) is 6.77. The molecule has 1 heterocycles. The van der Waals surface area contributed by atoms with Gasteiger partial charge >= 0.3 is 0 Å². The third kappa shape index (κ3) is 1.57. The van der Waals surface area contributed by atoms with Crippen LogP contribution in [0.5, 0.6) is 0 Å². The van der Waals surface area contributed by atoms with E-state index < -0.39 is 5.82 Å². The quantitative estimate of drug-likeness (QED) is 0.681. The fourth-order valence-corrected chi connectivity index (χ4v) is 1.18. The van der Waals surface area contributed by atoms with E-state index in [4.69, 9.17) is 4.42 Å². The van der Waals surface area contributed by atoms with Crippen molar-refractivity contribution in [3.05, 3.63) is 59.8 Å². The molecule has 0 unspecified atom stereocenters. The first kappa shape index (κ1) is 8.69. The number of carbonyl (C=O) groups excluding carboxylic acids is 1. The molecule has 0 atom stereocenters. The normalized spacial score (nSPS) is 10.1. The average Bonchev–Trinajstić information content (AvgIpc) is 2.69. The van der Waals surface area contributed by atoms with E-state index in [0.717, 1.165) is 0 Å². The smallest absolute Gasteiger partial charge is 0.228 e. The Morgan fingerprint density at radius 3 is 2.71 bits per heavy atom. The molecule has 0 amide bonds. The van der Waals surface area contributed by atoms with Crippen LogP contribution in [0, 0.1) is 5.82 Å². The Bertz CT molecular complexity index is 446. The molecule has 0 bridgehead atoms. The summed E-state index contributed by atoms with van der Waals surface area (Å²) in [5.41, 5.74) is 0.292. The van der Waals surface area contributed by atoms with Crippen LogP contribution in [-0.2, 0) is 0 Å². The Morgan fingerprint density at radius 2 is 2.07 bits per heavy atom. The molecule has 70 valence electrons. The first-order valence-electron chi connectivity index (χ1n) is 4.11. The molecular formula is C11H7FO2. The lowest BCUT2D eigenvalue weighted by atomic mass is 10.1. The van der Waals surface area contributed by atoms with Gasteiger partial charge in [-0.25, -0.2) is 4.39 Å². The molecule has 14 heavy (non-hydrogen) atoms. The minimum atomic E-state index is -0.428. The highest BCUT2D eigenvalue weighted by atomic mass is 19.1. The van der Waals surface area contributed by atoms with E-state index in [1.165, 1.54) is 24.5 Å². The summed E-state index contributed by atoms with van der Waals surface area (Å²) in [7, 11) is 0. The molecule has 0 spiro atoms. The van der Waals surface area contributed by atoms with Crippen LogP contribution in [0.2, 0.25) is 0 Å². The summed E-state index contributed by atoms with van der Waals surface area (Å²) in [4.78, 5) is 11.6. The van der Waals surface area contributed by atoms with Crippen molar-refractivity contribution in [3.63, 3.8) is 0 Å². The molecule has 2 rings (SSSR count). The monoisotopic (exact) mass is 190 g/mol. The largest absolute Gasteiger partial charge is 0.461 e. The van der Waals surface area contributed by atoms with Crippen molar-refractivity contribution in [2.75, 3.05) is 0 Å². The van der Waals surface area contributed by atoms with Crippen LogP contribution in [0.4, 0.5) is 4.39 Å². The molecule has 1 aromatic heterocycles. The van der Waals surface area contributed by atoms with Gasteiger partial charge in [0.25, 0.3) is 0 Å². The van der Waals surface area contributed by atoms with Crippen molar-refractivity contribution >= 4 is 5.78 Å². The summed E-state index contributed by atoms with van der Waals surface area (Å²) in [6.45, 7) is 0. The lowest BCUT2D eigenvalue weighted by Crippen LogP contribution is -1.99. The van der Waals surface area contributed by atoms with E-state index in [1.54, 1.807) is 18.2 Å². The van der Waals surface area contributed by atoms with Gasteiger partial charge in [0.2, 0.25) is 5.78 Å². The summed E-state index contributed by atoms with van der Waals surface area (Å²) in [5, 5.41) is 0. The molecule has 0 N–H and O–H groups in total. The molecule has 2 aromatic rings.